The summed E-state index contributed by atoms with van der Waals surface area (Å²) in [5.74, 6) is -0.949. The van der Waals surface area contributed by atoms with Gasteiger partial charge in [-0.3, -0.25) is 14.9 Å². The zero-order chi connectivity index (χ0) is 14.7. The molecule has 0 spiro atoms. The molecule has 0 unspecified atom stereocenters. The molecule has 0 aliphatic carbocycles. The summed E-state index contributed by atoms with van der Waals surface area (Å²) in [6, 6.07) is 10.8. The molecule has 0 amide bonds. The largest absolute Gasteiger partial charge is 0.481 e. The Balaban J connectivity index is 2.47. The molecule has 0 atom stereocenters. The highest BCUT2D eigenvalue weighted by Crippen LogP contribution is 2.29. The average Bonchev–Trinajstić information content (AvgIpc) is 2.40. The minimum atomic E-state index is -0.949. The number of nitro benzene ring substituents is 1. The van der Waals surface area contributed by atoms with E-state index in [0.717, 1.165) is 0 Å². The van der Waals surface area contributed by atoms with E-state index in [-0.39, 0.29) is 12.1 Å². The van der Waals surface area contributed by atoms with E-state index in [1.54, 1.807) is 30.3 Å². The Bertz CT molecular complexity index is 667. The van der Waals surface area contributed by atoms with E-state index in [1.807, 2.05) is 0 Å². The van der Waals surface area contributed by atoms with Gasteiger partial charge in [-0.2, -0.15) is 0 Å². The van der Waals surface area contributed by atoms with Crippen molar-refractivity contribution in [3.05, 3.63) is 63.2 Å². The molecular formula is C14H10ClNO4. The molecule has 2 aromatic carbocycles. The number of hydrogen-bond donors (Lipinski definition) is 1. The number of carboxylic acids is 1. The molecule has 0 heterocycles. The van der Waals surface area contributed by atoms with Crippen LogP contribution in [0.25, 0.3) is 11.1 Å². The Morgan fingerprint density at radius 2 is 1.85 bits per heavy atom. The summed E-state index contributed by atoms with van der Waals surface area (Å²) in [4.78, 5) is 21.0. The molecule has 0 saturated heterocycles. The van der Waals surface area contributed by atoms with Crippen LogP contribution in [0.4, 0.5) is 5.69 Å². The van der Waals surface area contributed by atoms with Gasteiger partial charge in [0.05, 0.1) is 11.3 Å². The third kappa shape index (κ3) is 3.13. The summed E-state index contributed by atoms with van der Waals surface area (Å²) < 4.78 is 0. The number of halogens is 1. The van der Waals surface area contributed by atoms with Crippen LogP contribution >= 0.6 is 11.6 Å². The van der Waals surface area contributed by atoms with Crippen molar-refractivity contribution < 1.29 is 14.8 Å². The van der Waals surface area contributed by atoms with Gasteiger partial charge in [-0.15, -0.1) is 0 Å². The Labute approximate surface area is 119 Å². The van der Waals surface area contributed by atoms with Gasteiger partial charge in [0.15, 0.2) is 0 Å². The predicted octanol–water partition coefficient (Wildman–Crippen LogP) is 3.54. The summed E-state index contributed by atoms with van der Waals surface area (Å²) in [6.07, 6.45) is -0.135. The number of nitro groups is 1. The molecule has 20 heavy (non-hydrogen) atoms. The number of carbonyl (C=O) groups is 1. The van der Waals surface area contributed by atoms with Crippen LogP contribution in [-0.4, -0.2) is 16.0 Å². The number of nitrogens with zero attached hydrogens (tertiary/aromatic N) is 1. The van der Waals surface area contributed by atoms with Gasteiger partial charge in [0, 0.05) is 17.2 Å². The van der Waals surface area contributed by atoms with Crippen molar-refractivity contribution in [1.29, 1.82) is 0 Å². The number of rotatable bonds is 4. The topological polar surface area (TPSA) is 80.4 Å². The van der Waals surface area contributed by atoms with E-state index in [4.69, 9.17) is 16.7 Å². The van der Waals surface area contributed by atoms with Crippen LogP contribution in [0.15, 0.2) is 42.5 Å². The minimum Gasteiger partial charge on any atom is -0.481 e. The van der Waals surface area contributed by atoms with Crippen molar-refractivity contribution in [2.45, 2.75) is 6.42 Å². The fourth-order valence-electron chi connectivity index (χ4n) is 1.90. The van der Waals surface area contributed by atoms with Gasteiger partial charge in [-0.05, 0) is 41.0 Å². The molecule has 0 aliphatic rings. The fourth-order valence-corrected chi connectivity index (χ4v) is 2.07. The van der Waals surface area contributed by atoms with Gasteiger partial charge < -0.3 is 5.11 Å². The second-order valence-corrected chi connectivity index (χ2v) is 4.61. The monoisotopic (exact) mass is 291 g/mol. The van der Waals surface area contributed by atoms with Crippen LogP contribution in [0.3, 0.4) is 0 Å². The smallest absolute Gasteiger partial charge is 0.307 e. The number of aliphatic carboxylic acids is 1. The first-order chi connectivity index (χ1) is 9.47. The number of carboxylic acid groups (broad SMARTS) is 1. The van der Waals surface area contributed by atoms with Crippen molar-refractivity contribution in [1.82, 2.24) is 0 Å². The molecular weight excluding hydrogens is 282 g/mol. The van der Waals surface area contributed by atoms with E-state index in [9.17, 15) is 14.9 Å². The van der Waals surface area contributed by atoms with Gasteiger partial charge in [-0.25, -0.2) is 0 Å². The van der Waals surface area contributed by atoms with Crippen LogP contribution in [0.1, 0.15) is 5.56 Å². The summed E-state index contributed by atoms with van der Waals surface area (Å²) in [6.45, 7) is 0. The van der Waals surface area contributed by atoms with Gasteiger partial charge in [-0.1, -0.05) is 17.7 Å². The van der Waals surface area contributed by atoms with Crippen molar-refractivity contribution in [3.8, 4) is 11.1 Å². The standard InChI is InChI=1S/C14H10ClNO4/c15-11-4-1-10(7-14(17)18)13(8-11)9-2-5-12(6-3-9)16(19)20/h1-6,8H,7H2,(H,17,18). The van der Waals surface area contributed by atoms with Gasteiger partial charge in [0.1, 0.15) is 0 Å². The first-order valence-electron chi connectivity index (χ1n) is 5.72. The van der Waals surface area contributed by atoms with E-state index < -0.39 is 10.9 Å². The van der Waals surface area contributed by atoms with E-state index in [2.05, 4.69) is 0 Å². The fraction of sp³-hybridized carbons (Fsp3) is 0.0714. The highest BCUT2D eigenvalue weighted by molar-refractivity contribution is 6.30. The second kappa shape index (κ2) is 5.71. The first kappa shape index (κ1) is 14.0. The van der Waals surface area contributed by atoms with Crippen molar-refractivity contribution >= 4 is 23.3 Å². The number of hydrogen-bond acceptors (Lipinski definition) is 3. The molecule has 102 valence electrons. The highest BCUT2D eigenvalue weighted by atomic mass is 35.5. The second-order valence-electron chi connectivity index (χ2n) is 4.18. The lowest BCUT2D eigenvalue weighted by Crippen LogP contribution is -2.01. The molecule has 2 rings (SSSR count). The maximum atomic E-state index is 10.9. The van der Waals surface area contributed by atoms with E-state index in [0.29, 0.717) is 21.7 Å². The molecule has 0 aliphatic heterocycles. The number of benzene rings is 2. The molecule has 5 nitrogen and oxygen atoms in total. The normalized spacial score (nSPS) is 10.2. The Morgan fingerprint density at radius 3 is 2.40 bits per heavy atom. The highest BCUT2D eigenvalue weighted by Gasteiger charge is 2.11. The maximum Gasteiger partial charge on any atom is 0.307 e. The van der Waals surface area contributed by atoms with Crippen molar-refractivity contribution in [3.63, 3.8) is 0 Å². The van der Waals surface area contributed by atoms with Crippen LogP contribution in [0.2, 0.25) is 5.02 Å². The Morgan fingerprint density at radius 1 is 1.20 bits per heavy atom. The lowest BCUT2D eigenvalue weighted by Gasteiger charge is -2.08. The zero-order valence-corrected chi connectivity index (χ0v) is 11.0. The summed E-state index contributed by atoms with van der Waals surface area (Å²) in [5.41, 5.74) is 1.94. The molecule has 2 aromatic rings. The molecule has 6 heteroatoms. The van der Waals surface area contributed by atoms with E-state index >= 15 is 0 Å². The SMILES string of the molecule is O=C(O)Cc1ccc(Cl)cc1-c1ccc([N+](=O)[O-])cc1. The quantitative estimate of drug-likeness (QED) is 0.690. The average molecular weight is 292 g/mol. The van der Waals surface area contributed by atoms with E-state index in [1.165, 1.54) is 12.1 Å². The zero-order valence-electron chi connectivity index (χ0n) is 10.2. The summed E-state index contributed by atoms with van der Waals surface area (Å²) >= 11 is 5.93. The van der Waals surface area contributed by atoms with Crippen LogP contribution in [0.5, 0.6) is 0 Å². The predicted molar refractivity (Wildman–Crippen MR) is 74.9 cm³/mol. The summed E-state index contributed by atoms with van der Waals surface area (Å²) in [7, 11) is 0. The molecule has 1 N–H and O–H groups in total. The number of non-ortho nitro benzene ring substituents is 1. The Kier molecular flexibility index (Phi) is 4.00. The molecule has 0 radical (unpaired) electrons. The third-order valence-electron chi connectivity index (χ3n) is 2.80. The molecule has 0 aromatic heterocycles. The molecule has 0 fully saturated rings. The van der Waals surface area contributed by atoms with Crippen LogP contribution in [-0.2, 0) is 11.2 Å². The van der Waals surface area contributed by atoms with Gasteiger partial charge in [0.25, 0.3) is 5.69 Å². The maximum absolute atomic E-state index is 10.9. The van der Waals surface area contributed by atoms with Gasteiger partial charge in [0.2, 0.25) is 0 Å². The van der Waals surface area contributed by atoms with Crippen molar-refractivity contribution in [2.24, 2.45) is 0 Å². The van der Waals surface area contributed by atoms with Crippen molar-refractivity contribution in [2.75, 3.05) is 0 Å². The van der Waals surface area contributed by atoms with Crippen LogP contribution < -0.4 is 0 Å². The lowest BCUT2D eigenvalue weighted by atomic mass is 9.97. The Hall–Kier alpha value is -2.40. The first-order valence-corrected chi connectivity index (χ1v) is 6.10. The third-order valence-corrected chi connectivity index (χ3v) is 3.04. The minimum absolute atomic E-state index is 0.0180. The van der Waals surface area contributed by atoms with Gasteiger partial charge >= 0.3 is 5.97 Å². The lowest BCUT2D eigenvalue weighted by molar-refractivity contribution is -0.384. The summed E-state index contributed by atoms with van der Waals surface area (Å²) in [5, 5.41) is 20.0. The van der Waals surface area contributed by atoms with Crippen LogP contribution in [0, 0.1) is 10.1 Å². The molecule has 0 bridgehead atoms. The molecule has 0 saturated carbocycles.